The summed E-state index contributed by atoms with van der Waals surface area (Å²) in [7, 11) is 3.13. The molecule has 141 heavy (non-hydrogen) atoms. The first-order chi connectivity index (χ1) is 68.4. The van der Waals surface area contributed by atoms with Crippen LogP contribution < -0.4 is 34.7 Å². The molecule has 8 aromatic carbocycles. The van der Waals surface area contributed by atoms with Crippen LogP contribution in [0.4, 0.5) is 25.8 Å². The zero-order valence-electron chi connectivity index (χ0n) is 83.7. The monoisotopic (exact) mass is 1960 g/mol. The van der Waals surface area contributed by atoms with Gasteiger partial charge in [0.1, 0.15) is 60.8 Å². The molecule has 27 heteroatoms. The van der Waals surface area contributed by atoms with Crippen LogP contribution in [0.5, 0.6) is 28.7 Å². The lowest BCUT2D eigenvalue weighted by Crippen LogP contribution is -2.29. The van der Waals surface area contributed by atoms with Gasteiger partial charge in [0.15, 0.2) is 19.8 Å². The van der Waals surface area contributed by atoms with E-state index in [4.69, 9.17) is 59.0 Å². The maximum atomic E-state index is 12.7. The standard InChI is InChI=1S/C38H45NO8.C33H45NO5.C31H42O4.C7H4ClNO4.C4H8O.CH5N/c1-3-4-6-13-31(46-38(41)47-32-17-15-30(16-18-32)39(42)43)19-20-33-26(2)21-29-23-35-28(22-34(29)33)12-9-14-36(35)44-25-37(40)45-24-27-10-7-5-8-11-27;1-4-5-7-14-27(39-33(36)34-3)16-17-28-23(2)18-26-20-30-25(19-29(26)28)13-10-15-31(30)37-22-32(35)38-21-24-11-8-6-9-12-24;1-3-4-6-13-26(32)15-16-27-22(2)17-25-19-29-24(18-28(25)27)12-9-14-30(29)34-21-31(33)35-20-23-10-7-5-8-11-23;8-7(10)13-6-3-1-5(2-4-6)9(11)12;1-2-4-5-3-1;1-2/h5,7-12,14-18,26,29,31,33-34H,3-4,6,13,19-25H2,1-2H3;6,8-13,15,23,26-29H,4-5,7,14,16-22H2,1-3H3,(H,34,36);5,7-12,14,22,25-28,32H,3-4,6,13,15-21H2,1-2H3;1-4H;1-4H2;2H2,1H3/t26-,29-,31+,33+,34+;23-,26-,27+,28+,29+;22-,25-,26+,27+,28+;;;/m111.../s1. The van der Waals surface area contributed by atoms with Gasteiger partial charge in [0.2, 0.25) is 0 Å². The fourth-order valence-electron chi connectivity index (χ4n) is 21.8. The topological polar surface area (TPSA) is 349 Å². The number of alkyl carbamates (subject to hydrolysis) is 1. The molecule has 0 aromatic heterocycles. The Bertz CT molecular complexity index is 5120. The minimum Gasteiger partial charge on any atom is -0.482 e. The highest BCUT2D eigenvalue weighted by Gasteiger charge is 2.47. The van der Waals surface area contributed by atoms with E-state index in [2.05, 4.69) is 81.6 Å². The Morgan fingerprint density at radius 2 is 0.773 bits per heavy atom. The average molecular weight is 1960 g/mol. The molecule has 15 rings (SSSR count). The van der Waals surface area contributed by atoms with Crippen LogP contribution in [0.15, 0.2) is 194 Å². The quantitative estimate of drug-likeness (QED) is 0.00608. The third-order valence-corrected chi connectivity index (χ3v) is 28.9. The molecule has 7 aliphatic rings. The molecular formula is C114H149ClN4O22. The number of nitrogens with two attached hydrogens (primary N) is 1. The lowest BCUT2D eigenvalue weighted by molar-refractivity contribution is -0.385. The van der Waals surface area contributed by atoms with Crippen molar-refractivity contribution < 1.29 is 95.8 Å². The van der Waals surface area contributed by atoms with Crippen molar-refractivity contribution in [3.8, 4) is 28.7 Å². The van der Waals surface area contributed by atoms with Gasteiger partial charge in [-0.2, -0.15) is 0 Å². The van der Waals surface area contributed by atoms with Gasteiger partial charge >= 0.3 is 35.6 Å². The molecule has 6 aliphatic carbocycles. The second-order valence-electron chi connectivity index (χ2n) is 38.5. The Morgan fingerprint density at radius 1 is 0.433 bits per heavy atom. The van der Waals surface area contributed by atoms with Gasteiger partial charge in [-0.15, -0.1) is 0 Å². The number of esters is 3. The summed E-state index contributed by atoms with van der Waals surface area (Å²) in [6.07, 6.45) is 29.2. The SMILES string of the molecule is C1CCOC1.CCCCC[C@@H](CC[C@@H]1[C@H]2Cc3cccc(OCC(=O)OCc4ccccc4)c3C[C@H]2C[C@H]1C)OC(=O)NC.CCCCC[C@@H](CC[C@@H]1[C@H]2Cc3cccc(OCC(=O)OCc4ccccc4)c3C[C@H]2C[C@H]1C)OC(=O)Oc1ccc([N+](=O)[O-])cc1.CCCCC[C@H](O)CC[C@@H]1[C@H]2Cc3cccc(OCC(=O)OCc4ccccc4)c3C[C@H]2C[C@H]1C.CN.O=C(Cl)Oc1ccc([N+](=O)[O-])cc1. The van der Waals surface area contributed by atoms with E-state index in [1.807, 2.05) is 121 Å². The van der Waals surface area contributed by atoms with Gasteiger partial charge < -0.3 is 68.3 Å². The molecule has 3 saturated carbocycles. The minimum absolute atomic E-state index is 0.0136. The first-order valence-corrected chi connectivity index (χ1v) is 51.6. The number of rotatable bonds is 42. The second-order valence-corrected chi connectivity index (χ2v) is 38.8. The molecule has 1 heterocycles. The summed E-state index contributed by atoms with van der Waals surface area (Å²) >= 11 is 4.92. The minimum atomic E-state index is -0.978. The molecule has 4 fully saturated rings. The lowest BCUT2D eigenvalue weighted by Gasteiger charge is -2.33. The van der Waals surface area contributed by atoms with Crippen molar-refractivity contribution in [2.24, 2.45) is 76.7 Å². The van der Waals surface area contributed by atoms with Crippen molar-refractivity contribution >= 4 is 58.6 Å². The van der Waals surface area contributed by atoms with Gasteiger partial charge in [0, 0.05) is 56.1 Å². The summed E-state index contributed by atoms with van der Waals surface area (Å²) in [6.45, 7) is 16.2. The van der Waals surface area contributed by atoms with Crippen LogP contribution in [0.1, 0.15) is 239 Å². The smallest absolute Gasteiger partial charge is 0.482 e. The molecule has 0 unspecified atom stereocenters. The van der Waals surface area contributed by atoms with Crippen molar-refractivity contribution in [2.75, 3.05) is 47.1 Å². The zero-order valence-corrected chi connectivity index (χ0v) is 84.4. The molecular weight excluding hydrogens is 1810 g/mol. The molecule has 15 atom stereocenters. The van der Waals surface area contributed by atoms with Crippen LogP contribution in [0, 0.1) is 91.2 Å². The number of hydrogen-bond donors (Lipinski definition) is 3. The van der Waals surface area contributed by atoms with Crippen molar-refractivity contribution in [2.45, 2.75) is 266 Å². The lowest BCUT2D eigenvalue weighted by atomic mass is 9.73. The van der Waals surface area contributed by atoms with Gasteiger partial charge in [0.05, 0.1) is 16.0 Å². The van der Waals surface area contributed by atoms with Crippen molar-refractivity contribution in [1.82, 2.24) is 5.32 Å². The number of carbonyl (C=O) groups is 6. The Kier molecular flexibility index (Phi) is 47.5. The van der Waals surface area contributed by atoms with E-state index in [-0.39, 0.29) is 105 Å². The van der Waals surface area contributed by atoms with Gasteiger partial charge in [-0.05, 0) is 312 Å². The molecule has 26 nitrogen and oxygen atoms in total. The number of nitro benzene ring substituents is 2. The van der Waals surface area contributed by atoms with Crippen LogP contribution in [0.25, 0.3) is 0 Å². The van der Waals surface area contributed by atoms with Crippen molar-refractivity contribution in [1.29, 1.82) is 0 Å². The normalized spacial score (nSPS) is 20.6. The maximum Gasteiger partial charge on any atom is 0.514 e. The summed E-state index contributed by atoms with van der Waals surface area (Å²) in [4.78, 5) is 92.0. The van der Waals surface area contributed by atoms with E-state index in [0.29, 0.717) is 71.0 Å². The fourth-order valence-corrected chi connectivity index (χ4v) is 21.9. The van der Waals surface area contributed by atoms with Crippen LogP contribution in [0.2, 0.25) is 0 Å². The highest BCUT2D eigenvalue weighted by atomic mass is 35.5. The van der Waals surface area contributed by atoms with Gasteiger partial charge in [-0.1, -0.05) is 214 Å². The number of fused-ring (bicyclic) bond motifs is 6. The zero-order chi connectivity index (χ0) is 101. The number of nitrogens with zero attached hydrogens (tertiary/aromatic N) is 2. The number of unbranched alkanes of at least 4 members (excludes halogenated alkanes) is 6. The number of ether oxygens (including phenoxy) is 11. The van der Waals surface area contributed by atoms with Crippen LogP contribution in [-0.4, -0.2) is 116 Å². The highest BCUT2D eigenvalue weighted by Crippen LogP contribution is 2.55. The number of nitrogens with one attached hydrogen (secondary N) is 1. The fraction of sp³-hybridized carbons (Fsp3) is 0.526. The number of carbonyl (C=O) groups excluding carboxylic acids is 6. The maximum absolute atomic E-state index is 12.7. The van der Waals surface area contributed by atoms with Crippen LogP contribution >= 0.6 is 11.6 Å². The first-order valence-electron chi connectivity index (χ1n) is 51.2. The average Bonchev–Trinajstić information content (AvgIpc) is 1.65. The van der Waals surface area contributed by atoms with Gasteiger partial charge in [-0.3, -0.25) is 20.2 Å². The molecule has 0 bridgehead atoms. The van der Waals surface area contributed by atoms with E-state index < -0.39 is 21.4 Å². The number of benzene rings is 8. The molecule has 1 amide bonds. The summed E-state index contributed by atoms with van der Waals surface area (Å²) in [5.41, 5.74) is 14.0. The third-order valence-electron chi connectivity index (χ3n) is 28.8. The van der Waals surface area contributed by atoms with E-state index in [1.54, 1.807) is 7.05 Å². The number of hydrogen-bond acceptors (Lipinski definition) is 23. The molecule has 764 valence electrons. The molecule has 0 spiro atoms. The predicted molar refractivity (Wildman–Crippen MR) is 544 cm³/mol. The van der Waals surface area contributed by atoms with Crippen molar-refractivity contribution in [3.63, 3.8) is 0 Å². The number of halogens is 1. The van der Waals surface area contributed by atoms with Gasteiger partial charge in [0.25, 0.3) is 11.4 Å². The number of amides is 1. The Balaban J connectivity index is 0.000000199. The summed E-state index contributed by atoms with van der Waals surface area (Å²) < 4.78 is 60.5. The number of nitro groups is 2. The number of aliphatic hydroxyl groups excluding tert-OH is 1. The molecule has 1 aliphatic heterocycles. The molecule has 8 aromatic rings. The summed E-state index contributed by atoms with van der Waals surface area (Å²) in [5, 5.41) is 34.2. The van der Waals surface area contributed by atoms with E-state index >= 15 is 0 Å². The number of non-ortho nitro benzene ring substituents is 2. The molecule has 1 saturated heterocycles. The summed E-state index contributed by atoms with van der Waals surface area (Å²) in [5.74, 6) is 9.08. The Hall–Kier alpha value is -11.5. The van der Waals surface area contributed by atoms with E-state index in [9.17, 15) is 54.1 Å². The first kappa shape index (κ1) is 112. The third kappa shape index (κ3) is 36.5. The second kappa shape index (κ2) is 60.1. The van der Waals surface area contributed by atoms with Crippen LogP contribution in [0.3, 0.4) is 0 Å². The summed E-state index contributed by atoms with van der Waals surface area (Å²) in [6, 6.07) is 58.1. The Labute approximate surface area is 837 Å². The molecule has 4 N–H and O–H groups in total. The molecule has 0 radical (unpaired) electrons. The van der Waals surface area contributed by atoms with Gasteiger partial charge in [-0.25, -0.2) is 28.8 Å². The Morgan fingerprint density at radius 3 is 1.10 bits per heavy atom. The predicted octanol–water partition coefficient (Wildman–Crippen LogP) is 24.8. The van der Waals surface area contributed by atoms with Crippen molar-refractivity contribution in [3.05, 3.63) is 264 Å². The van der Waals surface area contributed by atoms with E-state index in [0.717, 1.165) is 188 Å². The highest BCUT2D eigenvalue weighted by molar-refractivity contribution is 6.61. The number of aliphatic hydroxyl groups is 1. The van der Waals surface area contributed by atoms with E-state index in [1.165, 1.54) is 134 Å². The largest absolute Gasteiger partial charge is 0.514 e. The van der Waals surface area contributed by atoms with Crippen LogP contribution in [-0.2, 0) is 101 Å².